The first-order valence-electron chi connectivity index (χ1n) is 9.18. The summed E-state index contributed by atoms with van der Waals surface area (Å²) >= 11 is 0. The Kier molecular flexibility index (Phi) is 4.92. The van der Waals surface area contributed by atoms with E-state index in [1.165, 1.54) is 0 Å². The van der Waals surface area contributed by atoms with Crippen LogP contribution in [0.5, 0.6) is 5.75 Å². The minimum absolute atomic E-state index is 0.0315. The number of nitrogens with one attached hydrogen (secondary N) is 2. The molecule has 3 amide bonds. The third-order valence-electron chi connectivity index (χ3n) is 4.86. The SMILES string of the molecule is O=C1COc2cc(NC(=O)N3CCC[C@H](C(=O)c4ccccn4)C3)ccc2N1. The van der Waals surface area contributed by atoms with Crippen LogP contribution < -0.4 is 15.4 Å². The van der Waals surface area contributed by atoms with E-state index in [0.717, 1.165) is 12.8 Å². The number of hydrogen-bond donors (Lipinski definition) is 2. The molecule has 1 fully saturated rings. The number of ketones is 1. The van der Waals surface area contributed by atoms with Gasteiger partial charge in [-0.25, -0.2) is 4.79 Å². The Morgan fingerprint density at radius 2 is 2.14 bits per heavy atom. The second-order valence-corrected chi connectivity index (χ2v) is 6.84. The normalized spacial score (nSPS) is 18.5. The Morgan fingerprint density at radius 1 is 1.25 bits per heavy atom. The van der Waals surface area contributed by atoms with E-state index >= 15 is 0 Å². The lowest BCUT2D eigenvalue weighted by atomic mass is 9.92. The van der Waals surface area contributed by atoms with Gasteiger partial charge in [0.25, 0.3) is 5.91 Å². The number of piperidine rings is 1. The van der Waals surface area contributed by atoms with Gasteiger partial charge in [-0.15, -0.1) is 0 Å². The second-order valence-electron chi connectivity index (χ2n) is 6.84. The molecular formula is C20H20N4O4. The topological polar surface area (TPSA) is 101 Å². The Balaban J connectivity index is 1.41. The monoisotopic (exact) mass is 380 g/mol. The van der Waals surface area contributed by atoms with Gasteiger partial charge >= 0.3 is 6.03 Å². The van der Waals surface area contributed by atoms with E-state index in [0.29, 0.717) is 35.9 Å². The predicted molar refractivity (Wildman–Crippen MR) is 102 cm³/mol. The second kappa shape index (κ2) is 7.67. The van der Waals surface area contributed by atoms with Gasteiger partial charge in [0.1, 0.15) is 11.4 Å². The average Bonchev–Trinajstić information content (AvgIpc) is 2.74. The van der Waals surface area contributed by atoms with Crippen molar-refractivity contribution in [2.24, 2.45) is 5.92 Å². The number of hydrogen-bond acceptors (Lipinski definition) is 5. The number of ether oxygens (including phenoxy) is 1. The highest BCUT2D eigenvalue weighted by molar-refractivity contribution is 5.98. The molecule has 28 heavy (non-hydrogen) atoms. The zero-order chi connectivity index (χ0) is 19.5. The third kappa shape index (κ3) is 3.80. The zero-order valence-electron chi connectivity index (χ0n) is 15.2. The molecule has 0 spiro atoms. The van der Waals surface area contributed by atoms with E-state index in [1.54, 1.807) is 47.5 Å². The first-order chi connectivity index (χ1) is 13.6. The van der Waals surface area contributed by atoms with Gasteiger partial charge in [0.2, 0.25) is 0 Å². The van der Waals surface area contributed by atoms with E-state index < -0.39 is 0 Å². The summed E-state index contributed by atoms with van der Waals surface area (Å²) in [6.45, 7) is 0.905. The molecule has 0 bridgehead atoms. The Hall–Kier alpha value is -3.42. The van der Waals surface area contributed by atoms with E-state index in [1.807, 2.05) is 0 Å². The van der Waals surface area contributed by atoms with Crippen LogP contribution in [0.25, 0.3) is 0 Å². The van der Waals surface area contributed by atoms with Gasteiger partial charge in [-0.3, -0.25) is 14.6 Å². The zero-order valence-corrected chi connectivity index (χ0v) is 15.2. The summed E-state index contributed by atoms with van der Waals surface area (Å²) in [5.74, 6) is 0.0213. The molecule has 2 aliphatic heterocycles. The van der Waals surface area contributed by atoms with Gasteiger partial charge in [-0.05, 0) is 37.1 Å². The van der Waals surface area contributed by atoms with Gasteiger partial charge in [0.15, 0.2) is 12.4 Å². The first kappa shape index (κ1) is 18.0. The highest BCUT2D eigenvalue weighted by Crippen LogP contribution is 2.31. The Labute approximate surface area is 161 Å². The maximum Gasteiger partial charge on any atom is 0.321 e. The van der Waals surface area contributed by atoms with Gasteiger partial charge in [-0.2, -0.15) is 0 Å². The van der Waals surface area contributed by atoms with Gasteiger partial charge in [0.05, 0.1) is 5.69 Å². The molecule has 2 N–H and O–H groups in total. The van der Waals surface area contributed by atoms with Crippen LogP contribution in [0.15, 0.2) is 42.6 Å². The molecule has 144 valence electrons. The van der Waals surface area contributed by atoms with E-state index in [2.05, 4.69) is 15.6 Å². The van der Waals surface area contributed by atoms with Crippen molar-refractivity contribution in [3.8, 4) is 5.75 Å². The van der Waals surface area contributed by atoms with Crippen LogP contribution in [0.2, 0.25) is 0 Å². The highest BCUT2D eigenvalue weighted by atomic mass is 16.5. The number of aromatic nitrogens is 1. The van der Waals surface area contributed by atoms with Crippen molar-refractivity contribution >= 4 is 29.1 Å². The van der Waals surface area contributed by atoms with Crippen molar-refractivity contribution in [1.29, 1.82) is 0 Å². The van der Waals surface area contributed by atoms with Crippen molar-refractivity contribution in [1.82, 2.24) is 9.88 Å². The molecule has 8 nitrogen and oxygen atoms in total. The number of pyridine rings is 1. The van der Waals surface area contributed by atoms with E-state index in [4.69, 9.17) is 4.74 Å². The van der Waals surface area contributed by atoms with Crippen molar-refractivity contribution in [2.45, 2.75) is 12.8 Å². The van der Waals surface area contributed by atoms with Crippen molar-refractivity contribution < 1.29 is 19.1 Å². The summed E-state index contributed by atoms with van der Waals surface area (Å²) in [6, 6.07) is 10.1. The summed E-state index contributed by atoms with van der Waals surface area (Å²) < 4.78 is 5.37. The molecule has 0 unspecified atom stereocenters. The van der Waals surface area contributed by atoms with Crippen molar-refractivity contribution in [3.63, 3.8) is 0 Å². The lowest BCUT2D eigenvalue weighted by Crippen LogP contribution is -2.44. The summed E-state index contributed by atoms with van der Waals surface area (Å²) in [4.78, 5) is 42.4. The van der Waals surface area contributed by atoms with Gasteiger partial charge < -0.3 is 20.3 Å². The molecule has 3 heterocycles. The highest BCUT2D eigenvalue weighted by Gasteiger charge is 2.29. The summed E-state index contributed by atoms with van der Waals surface area (Å²) in [6.07, 6.45) is 3.10. The molecule has 1 saturated heterocycles. The Morgan fingerprint density at radius 3 is 2.96 bits per heavy atom. The minimum atomic E-state index is -0.265. The molecule has 2 aromatic rings. The fraction of sp³-hybridized carbons (Fsp3) is 0.300. The molecule has 0 aliphatic carbocycles. The fourth-order valence-corrected chi connectivity index (χ4v) is 3.45. The molecule has 4 rings (SSSR count). The number of amides is 3. The molecule has 1 aromatic carbocycles. The number of carbonyl (C=O) groups excluding carboxylic acids is 3. The number of likely N-dealkylation sites (tertiary alicyclic amines) is 1. The molecule has 0 radical (unpaired) electrons. The summed E-state index contributed by atoms with van der Waals surface area (Å²) in [5, 5.41) is 5.55. The number of carbonyl (C=O) groups is 3. The predicted octanol–water partition coefficient (Wildman–Crippen LogP) is 2.54. The molecular weight excluding hydrogens is 360 g/mol. The largest absolute Gasteiger partial charge is 0.482 e. The van der Waals surface area contributed by atoms with E-state index in [-0.39, 0.29) is 30.2 Å². The smallest absolute Gasteiger partial charge is 0.321 e. The Bertz CT molecular complexity index is 916. The molecule has 8 heteroatoms. The van der Waals surface area contributed by atoms with Crippen LogP contribution >= 0.6 is 0 Å². The average molecular weight is 380 g/mol. The summed E-state index contributed by atoms with van der Waals surface area (Å²) in [7, 11) is 0. The van der Waals surface area contributed by atoms with Gasteiger partial charge in [0, 0.05) is 37.0 Å². The van der Waals surface area contributed by atoms with Crippen molar-refractivity contribution in [3.05, 3.63) is 48.3 Å². The van der Waals surface area contributed by atoms with Crippen LogP contribution in [-0.4, -0.2) is 47.3 Å². The molecule has 1 atom stereocenters. The number of rotatable bonds is 3. The lowest BCUT2D eigenvalue weighted by Gasteiger charge is -2.32. The van der Waals surface area contributed by atoms with Crippen LogP contribution in [0.4, 0.5) is 16.2 Å². The number of benzene rings is 1. The van der Waals surface area contributed by atoms with Crippen LogP contribution in [0, 0.1) is 5.92 Å². The minimum Gasteiger partial charge on any atom is -0.482 e. The number of urea groups is 1. The van der Waals surface area contributed by atoms with Crippen LogP contribution in [0.1, 0.15) is 23.3 Å². The third-order valence-corrected chi connectivity index (χ3v) is 4.86. The molecule has 2 aliphatic rings. The maximum atomic E-state index is 12.7. The lowest BCUT2D eigenvalue weighted by molar-refractivity contribution is -0.118. The number of Topliss-reactive ketones (excluding diaryl/α,β-unsaturated/α-hetero) is 1. The van der Waals surface area contributed by atoms with Gasteiger partial charge in [-0.1, -0.05) is 6.07 Å². The number of fused-ring (bicyclic) bond motifs is 1. The summed E-state index contributed by atoms with van der Waals surface area (Å²) in [5.41, 5.74) is 1.58. The van der Waals surface area contributed by atoms with Crippen LogP contribution in [-0.2, 0) is 4.79 Å². The standard InChI is InChI=1S/C20H20N4O4/c25-18-12-28-17-10-14(6-7-15(17)23-18)22-20(27)24-9-3-4-13(11-24)19(26)16-5-1-2-8-21-16/h1-2,5-8,10,13H,3-4,9,11-12H2,(H,22,27)(H,23,25)/t13-/m0/s1. The van der Waals surface area contributed by atoms with Crippen molar-refractivity contribution in [2.75, 3.05) is 30.3 Å². The maximum absolute atomic E-state index is 12.7. The fourth-order valence-electron chi connectivity index (χ4n) is 3.45. The number of anilines is 2. The number of nitrogens with zero attached hydrogens (tertiary/aromatic N) is 2. The van der Waals surface area contributed by atoms with E-state index in [9.17, 15) is 14.4 Å². The quantitative estimate of drug-likeness (QED) is 0.797. The first-order valence-corrected chi connectivity index (χ1v) is 9.18. The molecule has 1 aromatic heterocycles. The molecule has 0 saturated carbocycles. The van der Waals surface area contributed by atoms with Crippen LogP contribution in [0.3, 0.4) is 0 Å².